The van der Waals surface area contributed by atoms with Crippen molar-refractivity contribution in [1.29, 1.82) is 0 Å². The number of halogens is 1. The van der Waals surface area contributed by atoms with E-state index in [1.165, 1.54) is 11.3 Å². The summed E-state index contributed by atoms with van der Waals surface area (Å²) < 4.78 is 27.7. The van der Waals surface area contributed by atoms with Crippen molar-refractivity contribution in [2.24, 2.45) is 0 Å². The minimum absolute atomic E-state index is 0.344. The van der Waals surface area contributed by atoms with Crippen molar-refractivity contribution in [1.82, 2.24) is 10.0 Å². The second-order valence-electron chi connectivity index (χ2n) is 4.33. The van der Waals surface area contributed by atoms with Crippen LogP contribution in [0.2, 0.25) is 0 Å². The maximum Gasteiger partial charge on any atom is 0.242 e. The summed E-state index contributed by atoms with van der Waals surface area (Å²) in [5.41, 5.74) is 0. The average molecular weight is 401 g/mol. The molecule has 1 rings (SSSR count). The highest BCUT2D eigenvalue weighted by atomic mass is 79.9. The van der Waals surface area contributed by atoms with E-state index in [0.29, 0.717) is 21.8 Å². The molecule has 8 heteroatoms. The summed E-state index contributed by atoms with van der Waals surface area (Å²) in [6.45, 7) is 1.17. The van der Waals surface area contributed by atoms with Gasteiger partial charge < -0.3 is 5.32 Å². The van der Waals surface area contributed by atoms with Gasteiger partial charge >= 0.3 is 0 Å². The fraction of sp³-hybridized carbons (Fsp3) is 0.667. The Hall–Kier alpha value is 0.400. The molecule has 0 aliphatic heterocycles. The maximum absolute atomic E-state index is 12.2. The molecule has 0 amide bonds. The fourth-order valence-corrected chi connectivity index (χ4v) is 5.93. The number of thiophene rings is 1. The normalized spacial score (nSPS) is 11.9. The van der Waals surface area contributed by atoms with Crippen LogP contribution in [0.4, 0.5) is 0 Å². The third-order valence-corrected chi connectivity index (χ3v) is 7.07. The molecule has 4 nitrogen and oxygen atoms in total. The van der Waals surface area contributed by atoms with Crippen molar-refractivity contribution in [3.63, 3.8) is 0 Å². The molecule has 1 aromatic heterocycles. The van der Waals surface area contributed by atoms with E-state index >= 15 is 0 Å². The number of hydrogen-bond donors (Lipinski definition) is 2. The third kappa shape index (κ3) is 6.03. The van der Waals surface area contributed by atoms with Crippen LogP contribution in [0.25, 0.3) is 0 Å². The maximum atomic E-state index is 12.2. The van der Waals surface area contributed by atoms with Gasteiger partial charge in [-0.3, -0.25) is 0 Å². The second kappa shape index (κ2) is 9.42. The van der Waals surface area contributed by atoms with Crippen LogP contribution in [0, 0.1) is 0 Å². The molecule has 1 heterocycles. The van der Waals surface area contributed by atoms with Crippen LogP contribution in [0.5, 0.6) is 0 Å². The molecule has 0 bridgehead atoms. The summed E-state index contributed by atoms with van der Waals surface area (Å²) in [5.74, 6) is 1.14. The van der Waals surface area contributed by atoms with Gasteiger partial charge in [0.25, 0.3) is 0 Å². The zero-order valence-electron chi connectivity index (χ0n) is 11.7. The highest BCUT2D eigenvalue weighted by Gasteiger charge is 2.20. The van der Waals surface area contributed by atoms with E-state index in [4.69, 9.17) is 0 Å². The van der Waals surface area contributed by atoms with Crippen LogP contribution in [0.15, 0.2) is 14.7 Å². The minimum Gasteiger partial charge on any atom is -0.315 e. The van der Waals surface area contributed by atoms with E-state index in [2.05, 4.69) is 32.2 Å². The van der Waals surface area contributed by atoms with Crippen LogP contribution >= 0.6 is 39.0 Å². The van der Waals surface area contributed by atoms with E-state index in [9.17, 15) is 8.42 Å². The van der Waals surface area contributed by atoms with Gasteiger partial charge in [0.1, 0.15) is 4.90 Å². The van der Waals surface area contributed by atoms with Crippen molar-refractivity contribution < 1.29 is 8.42 Å². The van der Waals surface area contributed by atoms with E-state index in [0.717, 1.165) is 29.9 Å². The quantitative estimate of drug-likeness (QED) is 0.592. The molecule has 0 saturated carbocycles. The van der Waals surface area contributed by atoms with Crippen molar-refractivity contribution in [3.8, 4) is 0 Å². The third-order valence-electron chi connectivity index (χ3n) is 2.66. The van der Waals surface area contributed by atoms with Crippen LogP contribution in [0.1, 0.15) is 24.1 Å². The lowest BCUT2D eigenvalue weighted by Crippen LogP contribution is -2.24. The van der Waals surface area contributed by atoms with Gasteiger partial charge in [-0.25, -0.2) is 13.1 Å². The van der Waals surface area contributed by atoms with E-state index in [1.54, 1.807) is 6.07 Å². The largest absolute Gasteiger partial charge is 0.315 e. The van der Waals surface area contributed by atoms with Gasteiger partial charge in [0, 0.05) is 18.0 Å². The number of nitrogens with one attached hydrogen (secondary N) is 2. The van der Waals surface area contributed by atoms with E-state index in [-0.39, 0.29) is 0 Å². The lowest BCUT2D eigenvalue weighted by atomic mass is 10.2. The minimum atomic E-state index is -3.40. The molecule has 0 aliphatic rings. The molecular weight excluding hydrogens is 380 g/mol. The van der Waals surface area contributed by atoms with Crippen molar-refractivity contribution in [3.05, 3.63) is 14.7 Å². The predicted molar refractivity (Wildman–Crippen MR) is 92.2 cm³/mol. The molecule has 0 aromatic carbocycles. The van der Waals surface area contributed by atoms with Gasteiger partial charge in [0.05, 0.1) is 3.79 Å². The van der Waals surface area contributed by atoms with Gasteiger partial charge in [-0.1, -0.05) is 6.42 Å². The first-order valence-electron chi connectivity index (χ1n) is 6.42. The average Bonchev–Trinajstić information content (AvgIpc) is 2.76. The van der Waals surface area contributed by atoms with Crippen LogP contribution in [-0.2, 0) is 16.6 Å². The molecular formula is C12H21BrN2O2S3. The summed E-state index contributed by atoms with van der Waals surface area (Å²) in [5, 5.41) is 3.02. The first-order valence-corrected chi connectivity index (χ1v) is 10.9. The SMILES string of the molecule is CNCc1cc(S(=O)(=O)NCCCCCSC)c(Br)s1. The Morgan fingerprint density at radius 3 is 2.75 bits per heavy atom. The van der Waals surface area contributed by atoms with Crippen LogP contribution in [-0.4, -0.2) is 34.0 Å². The van der Waals surface area contributed by atoms with Gasteiger partial charge in [-0.15, -0.1) is 11.3 Å². The highest BCUT2D eigenvalue weighted by molar-refractivity contribution is 9.11. The van der Waals surface area contributed by atoms with Crippen molar-refractivity contribution in [2.45, 2.75) is 30.7 Å². The first-order chi connectivity index (χ1) is 9.51. The summed E-state index contributed by atoms with van der Waals surface area (Å²) in [7, 11) is -1.56. The van der Waals surface area contributed by atoms with E-state index in [1.807, 2.05) is 18.8 Å². The molecule has 0 aliphatic carbocycles. The molecule has 20 heavy (non-hydrogen) atoms. The Morgan fingerprint density at radius 1 is 1.35 bits per heavy atom. The van der Waals surface area contributed by atoms with Gasteiger partial charge in [-0.05, 0) is 53.9 Å². The van der Waals surface area contributed by atoms with Gasteiger partial charge in [-0.2, -0.15) is 11.8 Å². The van der Waals surface area contributed by atoms with Crippen molar-refractivity contribution >= 4 is 49.1 Å². The molecule has 0 saturated heterocycles. The summed E-state index contributed by atoms with van der Waals surface area (Å²) in [4.78, 5) is 1.34. The molecule has 2 N–H and O–H groups in total. The molecule has 0 fully saturated rings. The smallest absolute Gasteiger partial charge is 0.242 e. The fourth-order valence-electron chi connectivity index (χ4n) is 1.67. The molecule has 0 spiro atoms. The Bertz CT molecular complexity index is 503. The molecule has 0 unspecified atom stereocenters. The second-order valence-corrected chi connectivity index (χ2v) is 9.51. The van der Waals surface area contributed by atoms with Gasteiger partial charge in [0.15, 0.2) is 0 Å². The molecule has 0 atom stereocenters. The van der Waals surface area contributed by atoms with Crippen LogP contribution in [0.3, 0.4) is 0 Å². The van der Waals surface area contributed by atoms with E-state index < -0.39 is 10.0 Å². The Morgan fingerprint density at radius 2 is 2.10 bits per heavy atom. The highest BCUT2D eigenvalue weighted by Crippen LogP contribution is 2.31. The Kier molecular flexibility index (Phi) is 8.69. The Balaban J connectivity index is 2.51. The summed E-state index contributed by atoms with van der Waals surface area (Å²) in [6.07, 6.45) is 5.15. The topological polar surface area (TPSA) is 58.2 Å². The van der Waals surface area contributed by atoms with Crippen molar-refractivity contribution in [2.75, 3.05) is 25.6 Å². The summed E-state index contributed by atoms with van der Waals surface area (Å²) >= 11 is 6.61. The Labute approximate surface area is 138 Å². The number of sulfonamides is 1. The summed E-state index contributed by atoms with van der Waals surface area (Å²) in [6, 6.07) is 1.72. The van der Waals surface area contributed by atoms with Crippen LogP contribution < -0.4 is 10.0 Å². The molecule has 116 valence electrons. The number of rotatable bonds is 10. The van der Waals surface area contributed by atoms with Gasteiger partial charge in [0.2, 0.25) is 10.0 Å². The lowest BCUT2D eigenvalue weighted by molar-refractivity contribution is 0.576. The molecule has 0 radical (unpaired) electrons. The zero-order chi connectivity index (χ0) is 15.0. The lowest BCUT2D eigenvalue weighted by Gasteiger charge is -2.05. The number of thioether (sulfide) groups is 1. The number of unbranched alkanes of at least 4 members (excludes halogenated alkanes) is 2. The molecule has 1 aromatic rings. The first kappa shape index (κ1) is 18.4. The standard InChI is InChI=1S/C12H21BrN2O2S3/c1-14-9-10-8-11(12(13)19-10)20(16,17)15-6-4-3-5-7-18-2/h8,14-15H,3-7,9H2,1-2H3. The zero-order valence-corrected chi connectivity index (χ0v) is 15.8. The number of hydrogen-bond acceptors (Lipinski definition) is 5. The monoisotopic (exact) mass is 400 g/mol. The predicted octanol–water partition coefficient (Wildman–Crippen LogP) is 3.04.